The molecule has 0 aromatic heterocycles. The lowest BCUT2D eigenvalue weighted by atomic mass is 9.99. The summed E-state index contributed by atoms with van der Waals surface area (Å²) in [7, 11) is 0. The predicted octanol–water partition coefficient (Wildman–Crippen LogP) is 4.63. The van der Waals surface area contributed by atoms with Crippen LogP contribution in [-0.2, 0) is 0 Å². The van der Waals surface area contributed by atoms with Crippen molar-refractivity contribution < 1.29 is 4.79 Å². The van der Waals surface area contributed by atoms with E-state index < -0.39 is 0 Å². The maximum Gasteiger partial charge on any atom is 0.166 e. The van der Waals surface area contributed by atoms with Gasteiger partial charge in [-0.05, 0) is 36.5 Å². The van der Waals surface area contributed by atoms with E-state index in [0.717, 1.165) is 17.5 Å². The maximum absolute atomic E-state index is 12.5. The Balaban J connectivity index is 1.82. The first kappa shape index (κ1) is 12.4. The molecule has 0 radical (unpaired) electrons. The second kappa shape index (κ2) is 4.82. The fourth-order valence-corrected chi connectivity index (χ4v) is 2.80. The lowest BCUT2D eigenvalue weighted by Gasteiger charge is -2.06. The van der Waals surface area contributed by atoms with Gasteiger partial charge in [0.15, 0.2) is 5.78 Å². The van der Waals surface area contributed by atoms with Gasteiger partial charge in [0, 0.05) is 16.5 Å². The Morgan fingerprint density at radius 2 is 1.84 bits per heavy atom. The van der Waals surface area contributed by atoms with Gasteiger partial charge < -0.3 is 0 Å². The minimum atomic E-state index is 0.125. The first-order valence-electron chi connectivity index (χ1n) is 6.52. The van der Waals surface area contributed by atoms with E-state index in [0.29, 0.717) is 10.9 Å². The van der Waals surface area contributed by atoms with Crippen LogP contribution in [0.15, 0.2) is 48.5 Å². The van der Waals surface area contributed by atoms with Gasteiger partial charge in [0.25, 0.3) is 0 Å². The van der Waals surface area contributed by atoms with Crippen LogP contribution in [0.2, 0.25) is 5.02 Å². The molecule has 0 aliphatic heterocycles. The van der Waals surface area contributed by atoms with E-state index in [4.69, 9.17) is 11.6 Å². The van der Waals surface area contributed by atoms with E-state index in [9.17, 15) is 4.79 Å². The molecule has 1 fully saturated rings. The normalized spacial score (nSPS) is 21.2. The number of halogens is 1. The molecule has 3 rings (SSSR count). The van der Waals surface area contributed by atoms with Gasteiger partial charge in [0.2, 0.25) is 0 Å². The summed E-state index contributed by atoms with van der Waals surface area (Å²) in [5.41, 5.74) is 2.93. The molecule has 1 nitrogen and oxygen atoms in total. The van der Waals surface area contributed by atoms with Crippen LogP contribution >= 0.6 is 11.6 Å². The molecule has 0 amide bonds. The van der Waals surface area contributed by atoms with Crippen molar-refractivity contribution in [3.8, 4) is 0 Å². The van der Waals surface area contributed by atoms with Crippen LogP contribution in [0.3, 0.4) is 0 Å². The number of benzene rings is 2. The zero-order valence-corrected chi connectivity index (χ0v) is 11.5. The van der Waals surface area contributed by atoms with Crippen molar-refractivity contribution in [3.63, 3.8) is 0 Å². The fraction of sp³-hybridized carbons (Fsp3) is 0.235. The third-order valence-corrected chi connectivity index (χ3v) is 4.30. The first-order chi connectivity index (χ1) is 9.18. The SMILES string of the molecule is Cc1c(Cl)cccc1C(=O)C1CC1c1ccccc1. The summed E-state index contributed by atoms with van der Waals surface area (Å²) < 4.78 is 0. The first-order valence-corrected chi connectivity index (χ1v) is 6.90. The Morgan fingerprint density at radius 3 is 2.58 bits per heavy atom. The van der Waals surface area contributed by atoms with Gasteiger partial charge in [-0.15, -0.1) is 0 Å². The lowest BCUT2D eigenvalue weighted by molar-refractivity contribution is 0.0964. The summed E-state index contributed by atoms with van der Waals surface area (Å²) >= 11 is 6.08. The zero-order valence-electron chi connectivity index (χ0n) is 10.8. The molecule has 0 bridgehead atoms. The predicted molar refractivity (Wildman–Crippen MR) is 77.8 cm³/mol. The summed E-state index contributed by atoms with van der Waals surface area (Å²) in [6.45, 7) is 1.91. The van der Waals surface area contributed by atoms with E-state index in [2.05, 4.69) is 12.1 Å². The number of rotatable bonds is 3. The van der Waals surface area contributed by atoms with Crippen LogP contribution in [0, 0.1) is 12.8 Å². The highest BCUT2D eigenvalue weighted by molar-refractivity contribution is 6.31. The van der Waals surface area contributed by atoms with Gasteiger partial charge in [0.05, 0.1) is 0 Å². The minimum Gasteiger partial charge on any atom is -0.294 e. The second-order valence-electron chi connectivity index (χ2n) is 5.14. The van der Waals surface area contributed by atoms with Crippen molar-refractivity contribution in [2.24, 2.45) is 5.92 Å². The highest BCUT2D eigenvalue weighted by Gasteiger charge is 2.44. The average molecular weight is 271 g/mol. The molecule has 2 aromatic carbocycles. The third-order valence-electron chi connectivity index (χ3n) is 3.89. The van der Waals surface area contributed by atoms with Crippen molar-refractivity contribution in [1.82, 2.24) is 0 Å². The highest BCUT2D eigenvalue weighted by atomic mass is 35.5. The Labute approximate surface area is 118 Å². The molecule has 2 heteroatoms. The Kier molecular flexibility index (Phi) is 3.16. The molecule has 0 N–H and O–H groups in total. The van der Waals surface area contributed by atoms with Crippen molar-refractivity contribution in [2.45, 2.75) is 19.3 Å². The Bertz CT molecular complexity index is 618. The number of hydrogen-bond donors (Lipinski definition) is 0. The standard InChI is InChI=1S/C17H15ClO/c1-11-13(8-5-9-16(11)18)17(19)15-10-14(15)12-6-3-2-4-7-12/h2-9,14-15H,10H2,1H3. The molecule has 96 valence electrons. The maximum atomic E-state index is 12.5. The van der Waals surface area contributed by atoms with Gasteiger partial charge in [-0.3, -0.25) is 4.79 Å². The van der Waals surface area contributed by atoms with E-state index in [-0.39, 0.29) is 11.7 Å². The fourth-order valence-electron chi connectivity index (χ4n) is 2.63. The second-order valence-corrected chi connectivity index (χ2v) is 5.54. The summed E-state index contributed by atoms with van der Waals surface area (Å²) in [5.74, 6) is 0.737. The number of Topliss-reactive ketones (excluding diaryl/α,β-unsaturated/α-hetero) is 1. The third kappa shape index (κ3) is 2.31. The molecule has 0 heterocycles. The Morgan fingerprint density at radius 1 is 1.11 bits per heavy atom. The monoisotopic (exact) mass is 270 g/mol. The largest absolute Gasteiger partial charge is 0.294 e. The van der Waals surface area contributed by atoms with Gasteiger partial charge in [-0.25, -0.2) is 0 Å². The van der Waals surface area contributed by atoms with Crippen LogP contribution in [-0.4, -0.2) is 5.78 Å². The van der Waals surface area contributed by atoms with Crippen molar-refractivity contribution in [3.05, 3.63) is 70.2 Å². The van der Waals surface area contributed by atoms with Crippen LogP contribution in [0.25, 0.3) is 0 Å². The van der Waals surface area contributed by atoms with E-state index in [1.165, 1.54) is 5.56 Å². The van der Waals surface area contributed by atoms with Crippen LogP contribution in [0.5, 0.6) is 0 Å². The smallest absolute Gasteiger partial charge is 0.166 e. The Hall–Kier alpha value is -1.60. The van der Waals surface area contributed by atoms with Crippen LogP contribution in [0.1, 0.15) is 33.8 Å². The van der Waals surface area contributed by atoms with E-state index in [1.807, 2.05) is 43.3 Å². The number of carbonyl (C=O) groups excluding carboxylic acids is 1. The van der Waals surface area contributed by atoms with Crippen molar-refractivity contribution >= 4 is 17.4 Å². The molecule has 2 unspecified atom stereocenters. The quantitative estimate of drug-likeness (QED) is 0.743. The van der Waals surface area contributed by atoms with Gasteiger partial charge >= 0.3 is 0 Å². The highest BCUT2D eigenvalue weighted by Crippen LogP contribution is 2.49. The molecule has 1 saturated carbocycles. The van der Waals surface area contributed by atoms with Gasteiger partial charge in [-0.1, -0.05) is 54.1 Å². The van der Waals surface area contributed by atoms with E-state index >= 15 is 0 Å². The molecule has 2 aromatic rings. The summed E-state index contributed by atoms with van der Waals surface area (Å²) in [5, 5.41) is 0.669. The molecule has 19 heavy (non-hydrogen) atoms. The lowest BCUT2D eigenvalue weighted by Crippen LogP contribution is -2.05. The van der Waals surface area contributed by atoms with E-state index in [1.54, 1.807) is 0 Å². The van der Waals surface area contributed by atoms with Gasteiger partial charge in [-0.2, -0.15) is 0 Å². The van der Waals surface area contributed by atoms with Crippen molar-refractivity contribution in [2.75, 3.05) is 0 Å². The van der Waals surface area contributed by atoms with Crippen LogP contribution < -0.4 is 0 Å². The summed E-state index contributed by atoms with van der Waals surface area (Å²) in [4.78, 5) is 12.5. The van der Waals surface area contributed by atoms with Crippen LogP contribution in [0.4, 0.5) is 0 Å². The van der Waals surface area contributed by atoms with Gasteiger partial charge in [0.1, 0.15) is 0 Å². The molecular formula is C17H15ClO. The molecule has 1 aliphatic rings. The number of carbonyl (C=O) groups is 1. The number of ketones is 1. The molecule has 0 spiro atoms. The topological polar surface area (TPSA) is 17.1 Å². The summed E-state index contributed by atoms with van der Waals surface area (Å²) in [6, 6.07) is 15.8. The van der Waals surface area contributed by atoms with Crippen molar-refractivity contribution in [1.29, 1.82) is 0 Å². The average Bonchev–Trinajstić information content (AvgIpc) is 3.22. The molecule has 1 aliphatic carbocycles. The molecule has 2 atom stereocenters. The molecule has 0 saturated heterocycles. The molecular weight excluding hydrogens is 256 g/mol. The zero-order chi connectivity index (χ0) is 13.4. The summed E-state index contributed by atoms with van der Waals surface area (Å²) in [6.07, 6.45) is 0.953. The number of hydrogen-bond acceptors (Lipinski definition) is 1. The minimum absolute atomic E-state index is 0.125.